The summed E-state index contributed by atoms with van der Waals surface area (Å²) in [5.41, 5.74) is 1.50. The van der Waals surface area contributed by atoms with E-state index in [1.165, 1.54) is 24.3 Å². The average molecular weight is 575 g/mol. The van der Waals surface area contributed by atoms with Gasteiger partial charge in [0.1, 0.15) is 29.6 Å². The number of hydrogen-bond acceptors (Lipinski definition) is 7. The van der Waals surface area contributed by atoms with Crippen molar-refractivity contribution in [3.05, 3.63) is 77.6 Å². The number of anilines is 2. The van der Waals surface area contributed by atoms with Gasteiger partial charge < -0.3 is 10.1 Å². The standard InChI is InChI=1S/C30H28F2N6O4/c1-18-6-3-4-9-23(18)26(27(40)35-20-15-30(31,32)16-20)37(21-7-5-8-22(14-21)42-2)28(41)24-10-11-25(39)38(24)29-34-13-12-19(17-33)36-29/h3-9,12-14,20,24,26H,10-11,15-16H2,1-2H3,(H,35,40)/t24-,26-/m0/s1. The number of nitrogens with one attached hydrogen (secondary N) is 1. The minimum Gasteiger partial charge on any atom is -0.497 e. The number of nitriles is 1. The van der Waals surface area contributed by atoms with E-state index in [9.17, 15) is 28.4 Å². The molecule has 12 heteroatoms. The lowest BCUT2D eigenvalue weighted by molar-refractivity contribution is -0.133. The Morgan fingerprint density at radius 2 is 1.95 bits per heavy atom. The van der Waals surface area contributed by atoms with E-state index in [0.29, 0.717) is 22.6 Å². The van der Waals surface area contributed by atoms with Crippen LogP contribution in [0.5, 0.6) is 5.75 Å². The van der Waals surface area contributed by atoms with E-state index < -0.39 is 54.6 Å². The number of aryl methyl sites for hydroxylation is 1. The predicted octanol–water partition coefficient (Wildman–Crippen LogP) is 3.85. The Kier molecular flexibility index (Phi) is 7.85. The number of alkyl halides is 2. The smallest absolute Gasteiger partial charge is 0.252 e. The zero-order valence-electron chi connectivity index (χ0n) is 23.0. The summed E-state index contributed by atoms with van der Waals surface area (Å²) >= 11 is 0. The molecule has 0 bridgehead atoms. The Labute approximate surface area is 240 Å². The molecule has 1 aliphatic heterocycles. The summed E-state index contributed by atoms with van der Waals surface area (Å²) in [4.78, 5) is 52.3. The van der Waals surface area contributed by atoms with Crippen molar-refractivity contribution in [2.75, 3.05) is 16.9 Å². The maximum absolute atomic E-state index is 14.6. The van der Waals surface area contributed by atoms with Crippen LogP contribution in [0.25, 0.3) is 0 Å². The highest BCUT2D eigenvalue weighted by atomic mass is 19.3. The summed E-state index contributed by atoms with van der Waals surface area (Å²) in [5.74, 6) is -4.21. The van der Waals surface area contributed by atoms with Crippen LogP contribution < -0.4 is 19.9 Å². The van der Waals surface area contributed by atoms with Crippen LogP contribution >= 0.6 is 0 Å². The maximum Gasteiger partial charge on any atom is 0.252 e. The molecule has 0 spiro atoms. The monoisotopic (exact) mass is 574 g/mol. The molecule has 3 amide bonds. The summed E-state index contributed by atoms with van der Waals surface area (Å²) < 4.78 is 32.7. The van der Waals surface area contributed by atoms with Crippen molar-refractivity contribution in [2.24, 2.45) is 0 Å². The Morgan fingerprint density at radius 1 is 1.19 bits per heavy atom. The molecule has 42 heavy (non-hydrogen) atoms. The van der Waals surface area contributed by atoms with E-state index in [-0.39, 0.29) is 24.5 Å². The zero-order valence-corrected chi connectivity index (χ0v) is 23.0. The van der Waals surface area contributed by atoms with Crippen LogP contribution in [0.2, 0.25) is 0 Å². The minimum atomic E-state index is -2.86. The van der Waals surface area contributed by atoms with Crippen LogP contribution in [-0.4, -0.2) is 52.8 Å². The van der Waals surface area contributed by atoms with E-state index in [2.05, 4.69) is 15.3 Å². The molecule has 1 aliphatic carbocycles. The van der Waals surface area contributed by atoms with Gasteiger partial charge in [-0.1, -0.05) is 30.3 Å². The molecule has 5 rings (SSSR count). The van der Waals surface area contributed by atoms with Gasteiger partial charge in [-0.2, -0.15) is 5.26 Å². The first-order chi connectivity index (χ1) is 20.1. The molecule has 1 N–H and O–H groups in total. The van der Waals surface area contributed by atoms with Crippen LogP contribution in [-0.2, 0) is 14.4 Å². The summed E-state index contributed by atoms with van der Waals surface area (Å²) in [6.45, 7) is 1.79. The SMILES string of the molecule is COc1cccc(N(C(=O)[C@@H]2CCC(=O)N2c2nccc(C#N)n2)[C@H](C(=O)NC2CC(F)(F)C2)c2ccccc2C)c1. The molecule has 2 heterocycles. The molecule has 0 radical (unpaired) electrons. The van der Waals surface area contributed by atoms with Gasteiger partial charge in [-0.3, -0.25) is 24.2 Å². The quantitative estimate of drug-likeness (QED) is 0.433. The third-order valence-corrected chi connectivity index (χ3v) is 7.46. The number of benzene rings is 2. The second-order valence-corrected chi connectivity index (χ2v) is 10.3. The number of nitrogens with zero attached hydrogens (tertiary/aromatic N) is 5. The number of hydrogen-bond donors (Lipinski definition) is 1. The van der Waals surface area contributed by atoms with Gasteiger partial charge in [0.25, 0.3) is 11.8 Å². The van der Waals surface area contributed by atoms with Gasteiger partial charge in [-0.05, 0) is 42.7 Å². The van der Waals surface area contributed by atoms with E-state index in [0.717, 1.165) is 4.90 Å². The molecule has 1 saturated carbocycles. The molecule has 10 nitrogen and oxygen atoms in total. The van der Waals surface area contributed by atoms with Gasteiger partial charge in [-0.25, -0.2) is 18.7 Å². The van der Waals surface area contributed by atoms with Gasteiger partial charge in [-0.15, -0.1) is 0 Å². The first-order valence-corrected chi connectivity index (χ1v) is 13.4. The first-order valence-electron chi connectivity index (χ1n) is 13.4. The number of rotatable bonds is 8. The van der Waals surface area contributed by atoms with Gasteiger partial charge in [0.15, 0.2) is 0 Å². The number of methoxy groups -OCH3 is 1. The van der Waals surface area contributed by atoms with Gasteiger partial charge in [0.05, 0.1) is 7.11 Å². The number of carbonyl (C=O) groups is 3. The Balaban J connectivity index is 1.62. The minimum absolute atomic E-state index is 0.0148. The van der Waals surface area contributed by atoms with Crippen LogP contribution in [0.15, 0.2) is 60.8 Å². The normalized spacial score (nSPS) is 18.5. The molecule has 2 atom stereocenters. The van der Waals surface area contributed by atoms with Crippen LogP contribution in [0.1, 0.15) is 48.5 Å². The third-order valence-electron chi connectivity index (χ3n) is 7.46. The Hall–Kier alpha value is -4.92. The number of amides is 3. The highest BCUT2D eigenvalue weighted by molar-refractivity contribution is 6.10. The lowest BCUT2D eigenvalue weighted by atomic mass is 9.87. The van der Waals surface area contributed by atoms with Crippen molar-refractivity contribution in [3.8, 4) is 11.8 Å². The number of halogens is 2. The summed E-state index contributed by atoms with van der Waals surface area (Å²) in [5, 5.41) is 12.0. The summed E-state index contributed by atoms with van der Waals surface area (Å²) in [6.07, 6.45) is 0.454. The summed E-state index contributed by atoms with van der Waals surface area (Å²) in [7, 11) is 1.46. The topological polar surface area (TPSA) is 129 Å². The lowest BCUT2D eigenvalue weighted by Gasteiger charge is -2.39. The van der Waals surface area contributed by atoms with Crippen molar-refractivity contribution >= 4 is 29.4 Å². The van der Waals surface area contributed by atoms with Crippen LogP contribution in [0.4, 0.5) is 20.4 Å². The van der Waals surface area contributed by atoms with E-state index in [4.69, 9.17) is 4.74 Å². The van der Waals surface area contributed by atoms with Crippen molar-refractivity contribution in [1.29, 1.82) is 5.26 Å². The Bertz CT molecular complexity index is 1570. The van der Waals surface area contributed by atoms with Gasteiger partial charge in [0.2, 0.25) is 17.8 Å². The molecule has 216 valence electrons. The molecule has 1 saturated heterocycles. The maximum atomic E-state index is 14.6. The summed E-state index contributed by atoms with van der Waals surface area (Å²) in [6, 6.07) is 13.7. The highest BCUT2D eigenvalue weighted by Gasteiger charge is 2.48. The largest absolute Gasteiger partial charge is 0.497 e. The fraction of sp³-hybridized carbons (Fsp3) is 0.333. The zero-order chi connectivity index (χ0) is 30.0. The molecule has 2 fully saturated rings. The first kappa shape index (κ1) is 28.6. The van der Waals surface area contributed by atoms with E-state index >= 15 is 0 Å². The molecule has 2 aliphatic rings. The molecule has 3 aromatic rings. The van der Waals surface area contributed by atoms with Gasteiger partial charge >= 0.3 is 0 Å². The number of aromatic nitrogens is 2. The third kappa shape index (κ3) is 5.63. The fourth-order valence-electron chi connectivity index (χ4n) is 5.35. The van der Waals surface area contributed by atoms with Crippen LogP contribution in [0.3, 0.4) is 0 Å². The van der Waals surface area contributed by atoms with Gasteiger partial charge in [0, 0.05) is 43.3 Å². The van der Waals surface area contributed by atoms with E-state index in [1.54, 1.807) is 55.5 Å². The number of carbonyl (C=O) groups excluding carboxylic acids is 3. The highest BCUT2D eigenvalue weighted by Crippen LogP contribution is 2.39. The molecule has 1 aromatic heterocycles. The molecule has 0 unspecified atom stereocenters. The fourth-order valence-corrected chi connectivity index (χ4v) is 5.35. The van der Waals surface area contributed by atoms with E-state index in [1.807, 2.05) is 6.07 Å². The average Bonchev–Trinajstić information content (AvgIpc) is 3.36. The van der Waals surface area contributed by atoms with Crippen molar-refractivity contribution < 1.29 is 27.9 Å². The second kappa shape index (κ2) is 11.5. The molecular formula is C30H28F2N6O4. The molecule has 2 aromatic carbocycles. The van der Waals surface area contributed by atoms with Crippen molar-refractivity contribution in [2.45, 2.75) is 56.7 Å². The van der Waals surface area contributed by atoms with Crippen molar-refractivity contribution in [1.82, 2.24) is 15.3 Å². The van der Waals surface area contributed by atoms with Crippen LogP contribution in [0, 0.1) is 18.3 Å². The molecular weight excluding hydrogens is 546 g/mol. The number of ether oxygens (including phenoxy) is 1. The second-order valence-electron chi connectivity index (χ2n) is 10.3. The lowest BCUT2D eigenvalue weighted by Crippen LogP contribution is -2.56. The predicted molar refractivity (Wildman–Crippen MR) is 148 cm³/mol. The Morgan fingerprint density at radius 3 is 2.64 bits per heavy atom. The van der Waals surface area contributed by atoms with Crippen molar-refractivity contribution in [3.63, 3.8) is 0 Å².